The molecular formula is C24H21F5N4O2. The van der Waals surface area contributed by atoms with E-state index < -0.39 is 29.0 Å². The van der Waals surface area contributed by atoms with Crippen LogP contribution in [0.1, 0.15) is 37.7 Å². The maximum Gasteiger partial charge on any atom is 0.398 e. The first kappa shape index (κ1) is 22.1. The predicted octanol–water partition coefficient (Wildman–Crippen LogP) is 6.20. The molecule has 11 heteroatoms. The van der Waals surface area contributed by atoms with Gasteiger partial charge in [-0.15, -0.1) is 0 Å². The van der Waals surface area contributed by atoms with E-state index in [4.69, 9.17) is 9.47 Å². The molecule has 0 atom stereocenters. The molecule has 0 radical (unpaired) electrons. The van der Waals surface area contributed by atoms with Gasteiger partial charge in [0.1, 0.15) is 11.4 Å². The maximum absolute atomic E-state index is 14.9. The summed E-state index contributed by atoms with van der Waals surface area (Å²) in [6.45, 7) is 1.10. The molecular weight excluding hydrogens is 471 g/mol. The number of nitrogens with zero attached hydrogens (tertiary/aromatic N) is 2. The van der Waals surface area contributed by atoms with Crippen molar-refractivity contribution in [3.63, 3.8) is 0 Å². The quantitative estimate of drug-likeness (QED) is 0.426. The number of alkyl halides is 3. The van der Waals surface area contributed by atoms with E-state index in [1.807, 2.05) is 0 Å². The highest BCUT2D eigenvalue weighted by Gasteiger charge is 2.60. The number of aliphatic imine (C=N–C) groups is 1. The molecule has 35 heavy (non-hydrogen) atoms. The van der Waals surface area contributed by atoms with Crippen molar-refractivity contribution < 1.29 is 31.4 Å². The Morgan fingerprint density at radius 1 is 1.09 bits per heavy atom. The van der Waals surface area contributed by atoms with E-state index in [1.54, 1.807) is 0 Å². The van der Waals surface area contributed by atoms with Gasteiger partial charge in [0.05, 0.1) is 24.0 Å². The van der Waals surface area contributed by atoms with Crippen molar-refractivity contribution in [3.05, 3.63) is 47.8 Å². The van der Waals surface area contributed by atoms with Gasteiger partial charge in [0.15, 0.2) is 17.4 Å². The van der Waals surface area contributed by atoms with E-state index in [1.165, 1.54) is 18.5 Å². The summed E-state index contributed by atoms with van der Waals surface area (Å²) < 4.78 is 82.9. The molecule has 0 bridgehead atoms. The largest absolute Gasteiger partial charge is 0.464 e. The third-order valence-electron chi connectivity index (χ3n) is 7.29. The number of pyridine rings is 1. The van der Waals surface area contributed by atoms with Gasteiger partial charge in [0, 0.05) is 35.6 Å². The van der Waals surface area contributed by atoms with Crippen molar-refractivity contribution in [1.29, 1.82) is 0 Å². The molecule has 2 aromatic heterocycles. The smallest absolute Gasteiger partial charge is 0.398 e. The minimum absolute atomic E-state index is 0.0330. The Balaban J connectivity index is 1.31. The van der Waals surface area contributed by atoms with Gasteiger partial charge in [-0.05, 0) is 37.3 Å². The molecule has 6 rings (SSSR count). The van der Waals surface area contributed by atoms with Crippen LogP contribution in [-0.4, -0.2) is 35.3 Å². The number of aromatic nitrogens is 2. The topological polar surface area (TPSA) is 71.5 Å². The number of H-pyrrole nitrogens is 1. The molecule has 1 aromatic carbocycles. The lowest BCUT2D eigenvalue weighted by Gasteiger charge is -2.43. The number of rotatable bonds is 4. The van der Waals surface area contributed by atoms with Crippen molar-refractivity contribution in [2.45, 2.75) is 43.7 Å². The molecule has 2 N–H and O–H groups in total. The van der Waals surface area contributed by atoms with Crippen LogP contribution in [0.4, 0.5) is 27.6 Å². The fraction of sp³-hybridized carbons (Fsp3) is 0.417. The molecule has 1 aliphatic heterocycles. The minimum Gasteiger partial charge on any atom is -0.464 e. The maximum atomic E-state index is 14.9. The van der Waals surface area contributed by atoms with Crippen molar-refractivity contribution in [2.75, 3.05) is 18.5 Å². The average molecular weight is 492 g/mol. The van der Waals surface area contributed by atoms with Crippen LogP contribution >= 0.6 is 0 Å². The third-order valence-corrected chi connectivity index (χ3v) is 7.29. The Morgan fingerprint density at radius 3 is 2.40 bits per heavy atom. The Kier molecular flexibility index (Phi) is 4.78. The monoisotopic (exact) mass is 492 g/mol. The van der Waals surface area contributed by atoms with Crippen molar-refractivity contribution >= 4 is 22.7 Å². The summed E-state index contributed by atoms with van der Waals surface area (Å²) in [5.74, 6) is -2.90. The van der Waals surface area contributed by atoms with Crippen LogP contribution in [0.2, 0.25) is 0 Å². The predicted molar refractivity (Wildman–Crippen MR) is 118 cm³/mol. The highest BCUT2D eigenvalue weighted by atomic mass is 19.4. The lowest BCUT2D eigenvalue weighted by molar-refractivity contribution is -0.212. The van der Waals surface area contributed by atoms with Crippen molar-refractivity contribution in [1.82, 2.24) is 9.97 Å². The summed E-state index contributed by atoms with van der Waals surface area (Å²) in [4.78, 5) is 11.1. The van der Waals surface area contributed by atoms with E-state index in [2.05, 4.69) is 20.3 Å². The van der Waals surface area contributed by atoms with E-state index in [0.717, 1.165) is 25.0 Å². The molecule has 2 aliphatic carbocycles. The zero-order chi connectivity index (χ0) is 24.4. The number of fused-ring (bicyclic) bond motifs is 1. The molecule has 1 spiro atoms. The van der Waals surface area contributed by atoms with Crippen LogP contribution in [0.15, 0.2) is 35.6 Å². The summed E-state index contributed by atoms with van der Waals surface area (Å²) >= 11 is 0. The van der Waals surface area contributed by atoms with E-state index in [9.17, 15) is 22.0 Å². The average Bonchev–Trinajstić information content (AvgIpc) is 3.38. The number of amidine groups is 1. The van der Waals surface area contributed by atoms with Gasteiger partial charge in [0.25, 0.3) is 6.02 Å². The van der Waals surface area contributed by atoms with Gasteiger partial charge in [-0.1, -0.05) is 6.42 Å². The first-order valence-electron chi connectivity index (χ1n) is 11.3. The van der Waals surface area contributed by atoms with E-state index in [0.29, 0.717) is 19.6 Å². The highest BCUT2D eigenvalue weighted by molar-refractivity contribution is 5.90. The van der Waals surface area contributed by atoms with Gasteiger partial charge in [0.2, 0.25) is 0 Å². The molecule has 6 nitrogen and oxygen atoms in total. The third kappa shape index (κ3) is 3.59. The summed E-state index contributed by atoms with van der Waals surface area (Å²) in [5, 5.41) is 2.82. The van der Waals surface area contributed by atoms with Gasteiger partial charge in [-0.3, -0.25) is 0 Å². The Labute approximate surface area is 196 Å². The van der Waals surface area contributed by atoms with E-state index >= 15 is 0 Å². The van der Waals surface area contributed by atoms with Crippen molar-refractivity contribution in [3.8, 4) is 11.5 Å². The van der Waals surface area contributed by atoms with Crippen molar-refractivity contribution in [2.24, 2.45) is 10.4 Å². The minimum atomic E-state index is -4.49. The molecule has 0 unspecified atom stereocenters. The first-order valence-corrected chi connectivity index (χ1v) is 11.3. The van der Waals surface area contributed by atoms with Gasteiger partial charge >= 0.3 is 6.18 Å². The van der Waals surface area contributed by atoms with Crippen LogP contribution in [0.25, 0.3) is 11.0 Å². The molecule has 0 amide bonds. The molecule has 184 valence electrons. The van der Waals surface area contributed by atoms with Crippen LogP contribution < -0.4 is 10.1 Å². The zero-order valence-electron chi connectivity index (χ0n) is 18.4. The van der Waals surface area contributed by atoms with Gasteiger partial charge < -0.3 is 19.8 Å². The van der Waals surface area contributed by atoms with E-state index in [-0.39, 0.29) is 52.3 Å². The number of nitrogens with one attached hydrogen (secondary N) is 2. The van der Waals surface area contributed by atoms with Gasteiger partial charge in [-0.25, -0.2) is 18.8 Å². The summed E-state index contributed by atoms with van der Waals surface area (Å²) in [6, 6.07) is 3.52. The van der Waals surface area contributed by atoms with Gasteiger partial charge in [-0.2, -0.15) is 13.2 Å². The SMILES string of the molecule is Fc1cc(NC2=NCC3(CC3)CO2)cc(F)c1Oc1ccnc2[nH]cc(C3(C(F)(F)F)CCC3)c12. The fourth-order valence-electron chi connectivity index (χ4n) is 4.79. The number of hydrogen-bond acceptors (Lipinski definition) is 5. The number of hydrogen-bond donors (Lipinski definition) is 2. The fourth-order valence-corrected chi connectivity index (χ4v) is 4.79. The molecule has 3 heterocycles. The second-order valence-corrected chi connectivity index (χ2v) is 9.57. The molecule has 3 aliphatic rings. The standard InChI is InChI=1S/C24H21F5N4O2/c25-15-8-13(33-21-32-11-22(5-6-22)12-34-21)9-16(26)19(15)35-17-2-7-30-20-18(17)14(10-31-20)23(3-1-4-23)24(27,28)29/h2,7-10H,1,3-6,11-12H2,(H,30,31)(H,32,33). The molecule has 0 saturated heterocycles. The van der Waals surface area contributed by atoms with Crippen LogP contribution in [0.3, 0.4) is 0 Å². The molecule has 2 fully saturated rings. The number of halogens is 5. The summed E-state index contributed by atoms with van der Waals surface area (Å²) in [6.07, 6.45) is 0.449. The van der Waals surface area contributed by atoms with Crippen LogP contribution in [0.5, 0.6) is 11.5 Å². The van der Waals surface area contributed by atoms with Crippen LogP contribution in [0, 0.1) is 17.0 Å². The lowest BCUT2D eigenvalue weighted by atomic mass is 9.64. The molecule has 3 aromatic rings. The highest BCUT2D eigenvalue weighted by Crippen LogP contribution is 2.57. The number of aromatic amines is 1. The summed E-state index contributed by atoms with van der Waals surface area (Å²) in [5.41, 5.74) is -1.75. The number of benzene rings is 1. The normalized spacial score (nSPS) is 20.2. The number of ether oxygens (including phenoxy) is 2. The number of anilines is 1. The first-order chi connectivity index (χ1) is 16.7. The molecule has 2 saturated carbocycles. The lowest BCUT2D eigenvalue weighted by Crippen LogP contribution is -2.47. The zero-order valence-corrected chi connectivity index (χ0v) is 18.4. The Bertz CT molecular complexity index is 1320. The van der Waals surface area contributed by atoms with Crippen LogP contribution in [-0.2, 0) is 10.2 Å². The Morgan fingerprint density at radius 2 is 1.83 bits per heavy atom. The Hall–Kier alpha value is -3.37. The second-order valence-electron chi connectivity index (χ2n) is 9.57. The summed E-state index contributed by atoms with van der Waals surface area (Å²) in [7, 11) is 0. The second kappa shape index (κ2) is 7.56.